The normalized spacial score (nSPS) is 11.8. The molecule has 0 atom stereocenters. The number of halogens is 3. The molecule has 26 heavy (non-hydrogen) atoms. The Hall–Kier alpha value is -3.29. The third-order valence-corrected chi connectivity index (χ3v) is 3.90. The zero-order chi connectivity index (χ0) is 18.1. The van der Waals surface area contributed by atoms with Gasteiger partial charge in [-0.25, -0.2) is 9.97 Å². The fourth-order valence-electron chi connectivity index (χ4n) is 2.62. The number of anilines is 2. The summed E-state index contributed by atoms with van der Waals surface area (Å²) in [6, 6.07) is 10.3. The Balaban J connectivity index is 1.59. The first-order chi connectivity index (χ1) is 12.5. The molecule has 0 unspecified atom stereocenters. The average Bonchev–Trinajstić information content (AvgIpc) is 3.25. The van der Waals surface area contributed by atoms with E-state index < -0.39 is 11.7 Å². The highest BCUT2D eigenvalue weighted by Gasteiger charge is 2.29. The van der Waals surface area contributed by atoms with Crippen molar-refractivity contribution in [3.05, 3.63) is 72.6 Å². The Morgan fingerprint density at radius 1 is 1.08 bits per heavy atom. The molecule has 0 aliphatic heterocycles. The molecular weight excluding hydrogens is 345 g/mol. The van der Waals surface area contributed by atoms with Gasteiger partial charge in [0.05, 0.1) is 36.4 Å². The molecule has 3 aromatic heterocycles. The molecule has 5 nitrogen and oxygen atoms in total. The van der Waals surface area contributed by atoms with E-state index in [0.717, 1.165) is 28.9 Å². The lowest BCUT2D eigenvalue weighted by Crippen LogP contribution is -2.04. The summed E-state index contributed by atoms with van der Waals surface area (Å²) in [5.74, 6) is 1.30. The van der Waals surface area contributed by atoms with Gasteiger partial charge in [-0.15, -0.1) is 0 Å². The Labute approximate surface area is 146 Å². The first kappa shape index (κ1) is 16.2. The molecule has 132 valence electrons. The van der Waals surface area contributed by atoms with Gasteiger partial charge in [0.2, 0.25) is 0 Å². The molecule has 4 rings (SSSR count). The van der Waals surface area contributed by atoms with Gasteiger partial charge in [0.25, 0.3) is 0 Å². The number of nitrogens with one attached hydrogen (secondary N) is 1. The lowest BCUT2D eigenvalue weighted by atomic mass is 10.2. The number of hydrogen-bond acceptors (Lipinski definition) is 4. The van der Waals surface area contributed by atoms with Crippen molar-refractivity contribution in [1.82, 2.24) is 14.5 Å². The molecule has 3 heterocycles. The van der Waals surface area contributed by atoms with Gasteiger partial charge < -0.3 is 14.3 Å². The number of imidazole rings is 1. The number of alkyl halides is 3. The summed E-state index contributed by atoms with van der Waals surface area (Å²) in [6.45, 7) is 0.521. The van der Waals surface area contributed by atoms with Gasteiger partial charge in [-0.05, 0) is 36.4 Å². The Kier molecular flexibility index (Phi) is 3.87. The Morgan fingerprint density at radius 2 is 1.88 bits per heavy atom. The first-order valence-electron chi connectivity index (χ1n) is 7.76. The predicted octanol–water partition coefficient (Wildman–Crippen LogP) is 4.84. The summed E-state index contributed by atoms with van der Waals surface area (Å²) < 4.78 is 45.2. The van der Waals surface area contributed by atoms with E-state index in [1.165, 1.54) is 12.1 Å². The third-order valence-electron chi connectivity index (χ3n) is 3.90. The molecule has 0 saturated carbocycles. The van der Waals surface area contributed by atoms with Crippen molar-refractivity contribution in [2.45, 2.75) is 12.7 Å². The average molecular weight is 358 g/mol. The molecule has 0 aliphatic carbocycles. The van der Waals surface area contributed by atoms with Gasteiger partial charge in [0, 0.05) is 11.8 Å². The van der Waals surface area contributed by atoms with Crippen LogP contribution >= 0.6 is 0 Å². The molecule has 0 amide bonds. The molecule has 0 bridgehead atoms. The highest BCUT2D eigenvalue weighted by Crippen LogP contribution is 2.30. The van der Waals surface area contributed by atoms with Crippen LogP contribution in [0, 0.1) is 0 Å². The molecule has 0 aliphatic rings. The van der Waals surface area contributed by atoms with Crippen molar-refractivity contribution in [2.24, 2.45) is 0 Å². The quantitative estimate of drug-likeness (QED) is 0.567. The van der Waals surface area contributed by atoms with Crippen molar-refractivity contribution in [3.63, 3.8) is 0 Å². The lowest BCUT2D eigenvalue weighted by Gasteiger charge is -2.09. The van der Waals surface area contributed by atoms with E-state index >= 15 is 0 Å². The number of fused-ring (bicyclic) bond motifs is 1. The minimum atomic E-state index is -4.35. The Bertz CT molecular complexity index is 1020. The van der Waals surface area contributed by atoms with Crippen molar-refractivity contribution in [2.75, 3.05) is 5.32 Å². The van der Waals surface area contributed by atoms with Crippen LogP contribution < -0.4 is 5.32 Å². The van der Waals surface area contributed by atoms with Crippen LogP contribution in [0.5, 0.6) is 0 Å². The van der Waals surface area contributed by atoms with Gasteiger partial charge in [-0.3, -0.25) is 0 Å². The van der Waals surface area contributed by atoms with Crippen LogP contribution in [0.1, 0.15) is 11.3 Å². The predicted molar refractivity (Wildman–Crippen MR) is 90.1 cm³/mol. The molecule has 8 heteroatoms. The molecule has 0 fully saturated rings. The van der Waals surface area contributed by atoms with E-state index in [-0.39, 0.29) is 0 Å². The van der Waals surface area contributed by atoms with E-state index in [1.807, 2.05) is 16.7 Å². The smallest absolute Gasteiger partial charge is 0.416 e. The summed E-state index contributed by atoms with van der Waals surface area (Å²) in [5, 5.41) is 3.01. The molecule has 1 aromatic carbocycles. The maximum atomic E-state index is 12.6. The van der Waals surface area contributed by atoms with E-state index in [9.17, 15) is 13.2 Å². The number of benzene rings is 1. The topological polar surface area (TPSA) is 55.9 Å². The summed E-state index contributed by atoms with van der Waals surface area (Å²) in [5.41, 5.74) is 1.38. The van der Waals surface area contributed by atoms with E-state index in [1.54, 1.807) is 24.9 Å². The standard InChI is InChI=1S/C18H13F3N4O/c19-18(20,21)12-3-5-13(6-4-12)24-17-8-16-15(9-22-17)23-11-25(16)10-14-2-1-7-26-14/h1-9,11H,10H2,(H,22,24). The van der Waals surface area contributed by atoms with Crippen LogP contribution in [0.15, 0.2) is 65.7 Å². The number of aromatic nitrogens is 3. The summed E-state index contributed by atoms with van der Waals surface area (Å²) in [6.07, 6.45) is 0.554. The monoisotopic (exact) mass is 358 g/mol. The minimum Gasteiger partial charge on any atom is -0.467 e. The lowest BCUT2D eigenvalue weighted by molar-refractivity contribution is -0.137. The van der Waals surface area contributed by atoms with Gasteiger partial charge >= 0.3 is 6.18 Å². The highest BCUT2D eigenvalue weighted by molar-refractivity contribution is 5.78. The molecule has 0 saturated heterocycles. The number of rotatable bonds is 4. The van der Waals surface area contributed by atoms with Crippen molar-refractivity contribution < 1.29 is 17.6 Å². The van der Waals surface area contributed by atoms with Crippen LogP contribution in [-0.4, -0.2) is 14.5 Å². The zero-order valence-electron chi connectivity index (χ0n) is 13.4. The molecular formula is C18H13F3N4O. The van der Waals surface area contributed by atoms with Gasteiger partial charge in [0.15, 0.2) is 0 Å². The summed E-state index contributed by atoms with van der Waals surface area (Å²) >= 11 is 0. The van der Waals surface area contributed by atoms with Crippen molar-refractivity contribution >= 4 is 22.5 Å². The van der Waals surface area contributed by atoms with Crippen LogP contribution in [-0.2, 0) is 12.7 Å². The second kappa shape index (κ2) is 6.21. The van der Waals surface area contributed by atoms with Crippen molar-refractivity contribution in [1.29, 1.82) is 0 Å². The van der Waals surface area contributed by atoms with Crippen LogP contribution in [0.2, 0.25) is 0 Å². The van der Waals surface area contributed by atoms with Crippen LogP contribution in [0.25, 0.3) is 11.0 Å². The highest BCUT2D eigenvalue weighted by atomic mass is 19.4. The van der Waals surface area contributed by atoms with E-state index in [4.69, 9.17) is 4.42 Å². The van der Waals surface area contributed by atoms with Crippen molar-refractivity contribution in [3.8, 4) is 0 Å². The van der Waals surface area contributed by atoms with Crippen LogP contribution in [0.3, 0.4) is 0 Å². The summed E-state index contributed by atoms with van der Waals surface area (Å²) in [7, 11) is 0. The maximum absolute atomic E-state index is 12.6. The second-order valence-electron chi connectivity index (χ2n) is 5.71. The minimum absolute atomic E-state index is 0.512. The van der Waals surface area contributed by atoms with Crippen LogP contribution in [0.4, 0.5) is 24.7 Å². The SMILES string of the molecule is FC(F)(F)c1ccc(Nc2cc3c(cn2)ncn3Cc2ccco2)cc1. The first-order valence-corrected chi connectivity index (χ1v) is 7.76. The van der Waals surface area contributed by atoms with E-state index in [2.05, 4.69) is 15.3 Å². The number of pyridine rings is 1. The number of hydrogen-bond donors (Lipinski definition) is 1. The maximum Gasteiger partial charge on any atom is 0.416 e. The Morgan fingerprint density at radius 3 is 2.58 bits per heavy atom. The van der Waals surface area contributed by atoms with E-state index in [0.29, 0.717) is 18.1 Å². The molecule has 4 aromatic rings. The number of furan rings is 1. The second-order valence-corrected chi connectivity index (χ2v) is 5.71. The fraction of sp³-hybridized carbons (Fsp3) is 0.111. The van der Waals surface area contributed by atoms with Gasteiger partial charge in [-0.1, -0.05) is 0 Å². The largest absolute Gasteiger partial charge is 0.467 e. The third kappa shape index (κ3) is 3.26. The molecule has 1 N–H and O–H groups in total. The number of nitrogens with zero attached hydrogens (tertiary/aromatic N) is 3. The molecule has 0 spiro atoms. The van der Waals surface area contributed by atoms with Gasteiger partial charge in [-0.2, -0.15) is 13.2 Å². The van der Waals surface area contributed by atoms with Gasteiger partial charge in [0.1, 0.15) is 17.1 Å². The zero-order valence-corrected chi connectivity index (χ0v) is 13.4. The fourth-order valence-corrected chi connectivity index (χ4v) is 2.62. The molecule has 0 radical (unpaired) electrons. The summed E-state index contributed by atoms with van der Waals surface area (Å²) in [4.78, 5) is 8.54.